The van der Waals surface area contributed by atoms with Gasteiger partial charge >= 0.3 is 7.82 Å². The number of aliphatic hydroxyl groups is 2. The molecular weight excluding hydrogens is 371 g/mol. The van der Waals surface area contributed by atoms with Crippen molar-refractivity contribution in [1.82, 2.24) is 19.5 Å². The molecule has 0 bridgehead atoms. The molecule has 1 aliphatic heterocycles. The number of nitrogens with zero attached hydrogens (tertiary/aromatic N) is 3. The number of nitrogens with one attached hydrogen (secondary N) is 1. The van der Waals surface area contributed by atoms with E-state index in [0.29, 0.717) is 12.2 Å². The first kappa shape index (κ1) is 19.1. The first-order valence-corrected chi connectivity index (χ1v) is 9.41. The summed E-state index contributed by atoms with van der Waals surface area (Å²) in [7, 11) is -4.75. The summed E-state index contributed by atoms with van der Waals surface area (Å²) in [5, 5.41) is 20.3. The molecule has 2 aromatic heterocycles. The van der Waals surface area contributed by atoms with Crippen molar-refractivity contribution < 1.29 is 33.8 Å². The minimum Gasteiger partial charge on any atom is -0.387 e. The van der Waals surface area contributed by atoms with Gasteiger partial charge in [0.2, 0.25) is 0 Å². The zero-order valence-electron chi connectivity index (χ0n) is 13.7. The standard InChI is InChI=1S/C13H19N4O8P/c1-2-3-7-15-11-8(12(20)16-7)14-5-17(11)13-10(19)9(18)6(25-13)4-24-26(21,22)23/h5-6,9-10,13,18-19H,2-4H2,1H3,(H,15,16,20)(H2,21,22,23)/t6-,9-,10-,13-/m1/s1. The van der Waals surface area contributed by atoms with E-state index in [1.165, 1.54) is 10.9 Å². The van der Waals surface area contributed by atoms with Crippen LogP contribution in [-0.2, 0) is 20.2 Å². The van der Waals surface area contributed by atoms with Gasteiger partial charge in [0, 0.05) is 6.42 Å². The van der Waals surface area contributed by atoms with E-state index in [-0.39, 0.29) is 11.2 Å². The lowest BCUT2D eigenvalue weighted by Crippen LogP contribution is -2.33. The Hall–Kier alpha value is -1.66. The topological polar surface area (TPSA) is 180 Å². The van der Waals surface area contributed by atoms with E-state index in [0.717, 1.165) is 6.42 Å². The molecule has 144 valence electrons. The van der Waals surface area contributed by atoms with Crippen LogP contribution in [0.15, 0.2) is 11.1 Å². The first-order valence-electron chi connectivity index (χ1n) is 7.88. The number of H-pyrrole nitrogens is 1. The molecule has 12 nitrogen and oxygen atoms in total. The predicted octanol–water partition coefficient (Wildman–Crippen LogP) is -1.20. The molecule has 0 aromatic carbocycles. The summed E-state index contributed by atoms with van der Waals surface area (Å²) in [4.78, 5) is 40.5. The third kappa shape index (κ3) is 3.71. The summed E-state index contributed by atoms with van der Waals surface area (Å²) in [6.07, 6.45) is -2.69. The van der Waals surface area contributed by atoms with Gasteiger partial charge in [-0.2, -0.15) is 0 Å². The fourth-order valence-electron chi connectivity index (χ4n) is 2.78. The van der Waals surface area contributed by atoms with Crippen molar-refractivity contribution >= 4 is 19.0 Å². The van der Waals surface area contributed by atoms with Crippen LogP contribution < -0.4 is 5.56 Å². The van der Waals surface area contributed by atoms with Crippen molar-refractivity contribution in [2.45, 2.75) is 44.3 Å². The fraction of sp³-hybridized carbons (Fsp3) is 0.615. The number of ether oxygens (including phenoxy) is 1. The summed E-state index contributed by atoms with van der Waals surface area (Å²) in [5.41, 5.74) is -0.221. The van der Waals surface area contributed by atoms with Crippen LogP contribution in [0.3, 0.4) is 0 Å². The van der Waals surface area contributed by atoms with Gasteiger partial charge < -0.3 is 29.7 Å². The molecule has 0 radical (unpaired) electrons. The lowest BCUT2D eigenvalue weighted by Gasteiger charge is -2.16. The van der Waals surface area contributed by atoms with E-state index in [4.69, 9.17) is 14.5 Å². The second-order valence-electron chi connectivity index (χ2n) is 5.92. The van der Waals surface area contributed by atoms with Gasteiger partial charge in [0.25, 0.3) is 5.56 Å². The second kappa shape index (κ2) is 7.16. The highest BCUT2D eigenvalue weighted by molar-refractivity contribution is 7.46. The summed E-state index contributed by atoms with van der Waals surface area (Å²) in [5.74, 6) is 0.446. The van der Waals surface area contributed by atoms with Crippen LogP contribution in [0.4, 0.5) is 0 Å². The number of hydrogen-bond acceptors (Lipinski definition) is 8. The van der Waals surface area contributed by atoms with Gasteiger partial charge in [0.05, 0.1) is 12.9 Å². The maximum atomic E-state index is 12.1. The largest absolute Gasteiger partial charge is 0.469 e. The van der Waals surface area contributed by atoms with Crippen LogP contribution in [0, 0.1) is 0 Å². The van der Waals surface area contributed by atoms with E-state index in [1.807, 2.05) is 6.92 Å². The molecular formula is C13H19N4O8P. The Labute approximate surface area is 146 Å². The molecule has 13 heteroatoms. The van der Waals surface area contributed by atoms with Crippen LogP contribution in [0.2, 0.25) is 0 Å². The van der Waals surface area contributed by atoms with Gasteiger partial charge in [-0.3, -0.25) is 13.9 Å². The van der Waals surface area contributed by atoms with Gasteiger partial charge in [-0.15, -0.1) is 0 Å². The van der Waals surface area contributed by atoms with Crippen molar-refractivity contribution in [1.29, 1.82) is 0 Å². The van der Waals surface area contributed by atoms with E-state index in [1.54, 1.807) is 0 Å². The van der Waals surface area contributed by atoms with E-state index in [2.05, 4.69) is 19.5 Å². The number of aryl methyl sites for hydroxylation is 1. The highest BCUT2D eigenvalue weighted by atomic mass is 31.2. The molecule has 0 unspecified atom stereocenters. The van der Waals surface area contributed by atoms with Crippen LogP contribution in [0.1, 0.15) is 25.4 Å². The number of aliphatic hydroxyl groups excluding tert-OH is 2. The Morgan fingerprint density at radius 3 is 2.77 bits per heavy atom. The monoisotopic (exact) mass is 390 g/mol. The van der Waals surface area contributed by atoms with Gasteiger partial charge in [-0.25, -0.2) is 14.5 Å². The van der Waals surface area contributed by atoms with E-state index < -0.39 is 44.5 Å². The molecule has 3 heterocycles. The number of phosphoric ester groups is 1. The predicted molar refractivity (Wildman–Crippen MR) is 86.1 cm³/mol. The number of fused-ring (bicyclic) bond motifs is 1. The maximum absolute atomic E-state index is 12.1. The smallest absolute Gasteiger partial charge is 0.387 e. The van der Waals surface area contributed by atoms with Crippen molar-refractivity contribution in [2.24, 2.45) is 0 Å². The quantitative estimate of drug-likeness (QED) is 0.376. The molecule has 1 fully saturated rings. The maximum Gasteiger partial charge on any atom is 0.469 e. The molecule has 5 N–H and O–H groups in total. The Bertz CT molecular complexity index is 892. The van der Waals surface area contributed by atoms with Crippen LogP contribution in [0.5, 0.6) is 0 Å². The highest BCUT2D eigenvalue weighted by Gasteiger charge is 2.45. The molecule has 1 saturated heterocycles. The van der Waals surface area contributed by atoms with Crippen LogP contribution in [0.25, 0.3) is 11.2 Å². The van der Waals surface area contributed by atoms with Gasteiger partial charge in [-0.1, -0.05) is 6.92 Å². The highest BCUT2D eigenvalue weighted by Crippen LogP contribution is 2.38. The third-order valence-corrected chi connectivity index (χ3v) is 4.47. The number of aromatic amines is 1. The second-order valence-corrected chi connectivity index (χ2v) is 7.16. The Balaban J connectivity index is 1.91. The number of imidazole rings is 1. The number of hydrogen-bond donors (Lipinski definition) is 5. The summed E-state index contributed by atoms with van der Waals surface area (Å²) >= 11 is 0. The zero-order chi connectivity index (χ0) is 19.1. The normalized spacial score (nSPS) is 26.7. The van der Waals surface area contributed by atoms with E-state index in [9.17, 15) is 19.6 Å². The van der Waals surface area contributed by atoms with Crippen LogP contribution in [-0.4, -0.2) is 64.4 Å². The number of rotatable bonds is 6. The van der Waals surface area contributed by atoms with Crippen molar-refractivity contribution in [3.05, 3.63) is 22.5 Å². The summed E-state index contributed by atoms with van der Waals surface area (Å²) in [6, 6.07) is 0. The van der Waals surface area contributed by atoms with Crippen molar-refractivity contribution in [3.8, 4) is 0 Å². The molecule has 26 heavy (non-hydrogen) atoms. The lowest BCUT2D eigenvalue weighted by atomic mass is 10.1. The molecule has 0 saturated carbocycles. The van der Waals surface area contributed by atoms with Crippen molar-refractivity contribution in [2.75, 3.05) is 6.61 Å². The summed E-state index contributed by atoms with van der Waals surface area (Å²) in [6.45, 7) is 1.30. The number of phosphoric acid groups is 1. The molecule has 0 aliphatic carbocycles. The Morgan fingerprint density at radius 1 is 1.38 bits per heavy atom. The average Bonchev–Trinajstić information content (AvgIpc) is 3.08. The molecule has 0 spiro atoms. The van der Waals surface area contributed by atoms with Gasteiger partial charge in [-0.05, 0) is 6.42 Å². The van der Waals surface area contributed by atoms with Gasteiger partial charge in [0.1, 0.15) is 24.1 Å². The Morgan fingerprint density at radius 2 is 2.12 bits per heavy atom. The van der Waals surface area contributed by atoms with Crippen LogP contribution >= 0.6 is 7.82 Å². The lowest BCUT2D eigenvalue weighted by molar-refractivity contribution is -0.0504. The third-order valence-electron chi connectivity index (χ3n) is 3.99. The molecule has 4 atom stereocenters. The minimum atomic E-state index is -4.75. The molecule has 2 aromatic rings. The Kier molecular flexibility index (Phi) is 5.26. The van der Waals surface area contributed by atoms with Crippen molar-refractivity contribution in [3.63, 3.8) is 0 Å². The molecule has 3 rings (SSSR count). The molecule has 1 aliphatic rings. The number of aromatic nitrogens is 4. The minimum absolute atomic E-state index is 0.0464. The molecule has 0 amide bonds. The zero-order valence-corrected chi connectivity index (χ0v) is 14.6. The average molecular weight is 390 g/mol. The van der Waals surface area contributed by atoms with Gasteiger partial charge in [0.15, 0.2) is 17.4 Å². The fourth-order valence-corrected chi connectivity index (χ4v) is 3.12. The first-order chi connectivity index (χ1) is 12.2. The van der Waals surface area contributed by atoms with E-state index >= 15 is 0 Å². The summed E-state index contributed by atoms with van der Waals surface area (Å²) < 4.78 is 21.9. The SMILES string of the molecule is CCCc1nc2c(ncn2[C@@H]2O[C@H](COP(=O)(O)O)[C@@H](O)[C@H]2O)c(=O)[nH]1.